The highest BCUT2D eigenvalue weighted by atomic mass is 32.2. The second-order valence-electron chi connectivity index (χ2n) is 6.47. The monoisotopic (exact) mass is 375 g/mol. The van der Waals surface area contributed by atoms with Crippen molar-refractivity contribution in [1.29, 1.82) is 0 Å². The van der Waals surface area contributed by atoms with E-state index in [1.165, 1.54) is 25.7 Å². The molecule has 0 radical (unpaired) electrons. The van der Waals surface area contributed by atoms with Crippen LogP contribution in [0.2, 0.25) is 0 Å². The molecule has 6 nitrogen and oxygen atoms in total. The number of rotatable bonds is 6. The number of benzene rings is 2. The highest BCUT2D eigenvalue weighted by molar-refractivity contribution is 7.89. The Morgan fingerprint density at radius 3 is 2.15 bits per heavy atom. The maximum absolute atomic E-state index is 12.4. The van der Waals surface area contributed by atoms with E-state index in [0.29, 0.717) is 11.3 Å². The fraction of sp³-hybridized carbons (Fsp3) is 0.316. The first-order valence-electron chi connectivity index (χ1n) is 8.25. The van der Waals surface area contributed by atoms with E-state index in [-0.39, 0.29) is 17.3 Å². The lowest BCUT2D eigenvalue weighted by Crippen LogP contribution is -2.24. The first-order valence-corrected chi connectivity index (χ1v) is 9.69. The fourth-order valence-corrected chi connectivity index (χ4v) is 3.54. The lowest BCUT2D eigenvalue weighted by atomic mass is 10.1. The molecule has 2 aromatic carbocycles. The second-order valence-corrected chi connectivity index (χ2v) is 8.59. The van der Waals surface area contributed by atoms with Gasteiger partial charge in [-0.1, -0.05) is 12.1 Å². The molecule has 0 aliphatic carbocycles. The van der Waals surface area contributed by atoms with Crippen molar-refractivity contribution < 1.29 is 13.2 Å². The summed E-state index contributed by atoms with van der Waals surface area (Å²) < 4.78 is 25.9. The molecule has 2 aromatic rings. The van der Waals surface area contributed by atoms with Crippen LogP contribution in [0.25, 0.3) is 0 Å². The molecule has 0 aromatic heterocycles. The van der Waals surface area contributed by atoms with Gasteiger partial charge in [0.05, 0.1) is 11.4 Å². The van der Waals surface area contributed by atoms with Gasteiger partial charge >= 0.3 is 0 Å². The van der Waals surface area contributed by atoms with Gasteiger partial charge in [-0.3, -0.25) is 4.79 Å². The first-order chi connectivity index (χ1) is 12.1. The Labute approximate surface area is 155 Å². The second kappa shape index (κ2) is 7.88. The zero-order valence-electron chi connectivity index (χ0n) is 15.8. The number of nitrogens with one attached hydrogen (secondary N) is 2. The van der Waals surface area contributed by atoms with Gasteiger partial charge in [-0.15, -0.1) is 0 Å². The van der Waals surface area contributed by atoms with Crippen LogP contribution in [0.4, 0.5) is 11.4 Å². The molecule has 0 unspecified atom stereocenters. The number of anilines is 2. The van der Waals surface area contributed by atoms with E-state index in [1.54, 1.807) is 19.1 Å². The molecule has 0 aliphatic rings. The first kappa shape index (κ1) is 19.9. The van der Waals surface area contributed by atoms with Crippen LogP contribution in [0.5, 0.6) is 0 Å². The van der Waals surface area contributed by atoms with Crippen molar-refractivity contribution in [3.05, 3.63) is 53.1 Å². The molecule has 2 N–H and O–H groups in total. The Morgan fingerprint density at radius 2 is 1.54 bits per heavy atom. The van der Waals surface area contributed by atoms with E-state index in [4.69, 9.17) is 0 Å². The largest absolute Gasteiger partial charge is 0.376 e. The van der Waals surface area contributed by atoms with Crippen LogP contribution in [0, 0.1) is 20.8 Å². The topological polar surface area (TPSA) is 78.5 Å². The average molecular weight is 375 g/mol. The van der Waals surface area contributed by atoms with E-state index in [2.05, 4.69) is 10.6 Å². The summed E-state index contributed by atoms with van der Waals surface area (Å²) in [6.07, 6.45) is 0. The zero-order chi connectivity index (χ0) is 19.5. The van der Waals surface area contributed by atoms with Gasteiger partial charge in [-0.25, -0.2) is 12.7 Å². The SMILES string of the molecule is Cc1ccc(NCC(=O)Nc2ccc(C)c(S(=O)(=O)N(C)C)c2)cc1C. The molecule has 26 heavy (non-hydrogen) atoms. The summed E-state index contributed by atoms with van der Waals surface area (Å²) in [4.78, 5) is 12.4. The molecule has 0 saturated carbocycles. The molecule has 0 heterocycles. The summed E-state index contributed by atoms with van der Waals surface area (Å²) in [6.45, 7) is 5.86. The third-order valence-electron chi connectivity index (χ3n) is 4.19. The summed E-state index contributed by atoms with van der Waals surface area (Å²) in [6, 6.07) is 10.8. The Hall–Kier alpha value is -2.38. The molecule has 2 rings (SSSR count). The quantitative estimate of drug-likeness (QED) is 0.814. The molecule has 0 spiro atoms. The van der Waals surface area contributed by atoms with E-state index >= 15 is 0 Å². The molecular formula is C19H25N3O3S. The number of aryl methyl sites for hydroxylation is 3. The van der Waals surface area contributed by atoms with E-state index in [1.807, 2.05) is 32.0 Å². The van der Waals surface area contributed by atoms with E-state index < -0.39 is 10.0 Å². The summed E-state index contributed by atoms with van der Waals surface area (Å²) in [5, 5.41) is 5.80. The van der Waals surface area contributed by atoms with E-state index in [0.717, 1.165) is 15.6 Å². The highest BCUT2D eigenvalue weighted by Crippen LogP contribution is 2.22. The lowest BCUT2D eigenvalue weighted by Gasteiger charge is -2.15. The number of amides is 1. The maximum Gasteiger partial charge on any atom is 0.243 e. The van der Waals surface area contributed by atoms with Crippen LogP contribution in [-0.2, 0) is 14.8 Å². The Bertz CT molecular complexity index is 922. The Morgan fingerprint density at radius 1 is 0.923 bits per heavy atom. The number of nitrogens with zero attached hydrogens (tertiary/aromatic N) is 1. The molecule has 0 bridgehead atoms. The van der Waals surface area contributed by atoms with Crippen molar-refractivity contribution in [2.45, 2.75) is 25.7 Å². The minimum absolute atomic E-state index is 0.0894. The summed E-state index contributed by atoms with van der Waals surface area (Å²) >= 11 is 0. The molecule has 140 valence electrons. The standard InChI is InChI=1S/C19H25N3O3S/c1-13-6-8-16(10-15(13)3)20-12-19(23)21-17-9-7-14(2)18(11-17)26(24,25)22(4)5/h6-11,20H,12H2,1-5H3,(H,21,23). The molecule has 0 saturated heterocycles. The van der Waals surface area contributed by atoms with Gasteiger partial charge in [0.15, 0.2) is 0 Å². The predicted molar refractivity (Wildman–Crippen MR) is 105 cm³/mol. The van der Waals surface area contributed by atoms with Crippen LogP contribution >= 0.6 is 0 Å². The zero-order valence-corrected chi connectivity index (χ0v) is 16.6. The van der Waals surface area contributed by atoms with Gasteiger partial charge in [0.25, 0.3) is 0 Å². The summed E-state index contributed by atoms with van der Waals surface area (Å²) in [5.74, 6) is -0.250. The third kappa shape index (κ3) is 4.62. The number of sulfonamides is 1. The number of hydrogen-bond acceptors (Lipinski definition) is 4. The van der Waals surface area contributed by atoms with Gasteiger partial charge < -0.3 is 10.6 Å². The normalized spacial score (nSPS) is 11.5. The van der Waals surface area contributed by atoms with Gasteiger partial charge in [0, 0.05) is 25.5 Å². The van der Waals surface area contributed by atoms with Crippen molar-refractivity contribution in [3.8, 4) is 0 Å². The molecule has 0 fully saturated rings. The van der Waals surface area contributed by atoms with Gasteiger partial charge in [0.1, 0.15) is 0 Å². The maximum atomic E-state index is 12.4. The molecule has 0 atom stereocenters. The van der Waals surface area contributed by atoms with Gasteiger partial charge in [-0.2, -0.15) is 0 Å². The van der Waals surface area contributed by atoms with Crippen LogP contribution < -0.4 is 10.6 Å². The lowest BCUT2D eigenvalue weighted by molar-refractivity contribution is -0.114. The predicted octanol–water partition coefficient (Wildman–Crippen LogP) is 2.91. The van der Waals surface area contributed by atoms with E-state index in [9.17, 15) is 13.2 Å². The molecule has 7 heteroatoms. The van der Waals surface area contributed by atoms with Crippen molar-refractivity contribution in [3.63, 3.8) is 0 Å². The van der Waals surface area contributed by atoms with Crippen molar-refractivity contribution >= 4 is 27.3 Å². The highest BCUT2D eigenvalue weighted by Gasteiger charge is 2.20. The Balaban J connectivity index is 2.08. The minimum atomic E-state index is -3.56. The third-order valence-corrected chi connectivity index (χ3v) is 6.15. The van der Waals surface area contributed by atoms with Crippen molar-refractivity contribution in [1.82, 2.24) is 4.31 Å². The summed E-state index contributed by atoms with van der Waals surface area (Å²) in [7, 11) is -0.604. The Kier molecular flexibility index (Phi) is 6.05. The molecular weight excluding hydrogens is 350 g/mol. The van der Waals surface area contributed by atoms with Crippen LogP contribution in [0.3, 0.4) is 0 Å². The van der Waals surface area contributed by atoms with Gasteiger partial charge in [0.2, 0.25) is 15.9 Å². The van der Waals surface area contributed by atoms with Crippen molar-refractivity contribution in [2.75, 3.05) is 31.3 Å². The number of carbonyl (C=O) groups is 1. The van der Waals surface area contributed by atoms with Crippen LogP contribution in [0.1, 0.15) is 16.7 Å². The fourth-order valence-electron chi connectivity index (χ4n) is 2.39. The number of hydrogen-bond donors (Lipinski definition) is 2. The number of carbonyl (C=O) groups excluding carboxylic acids is 1. The molecule has 1 amide bonds. The smallest absolute Gasteiger partial charge is 0.243 e. The van der Waals surface area contributed by atoms with Gasteiger partial charge in [-0.05, 0) is 61.7 Å². The van der Waals surface area contributed by atoms with Crippen molar-refractivity contribution in [2.24, 2.45) is 0 Å². The van der Waals surface area contributed by atoms with Crippen LogP contribution in [-0.4, -0.2) is 39.3 Å². The minimum Gasteiger partial charge on any atom is -0.376 e. The summed E-state index contributed by atoms with van der Waals surface area (Å²) in [5.41, 5.74) is 4.28. The van der Waals surface area contributed by atoms with Crippen LogP contribution in [0.15, 0.2) is 41.3 Å². The molecule has 0 aliphatic heterocycles. The average Bonchev–Trinajstić information content (AvgIpc) is 2.57.